The van der Waals surface area contributed by atoms with Gasteiger partial charge in [-0.1, -0.05) is 26.0 Å². The lowest BCUT2D eigenvalue weighted by molar-refractivity contribution is -0.116. The number of hydrogen-bond donors (Lipinski definition) is 2. The second-order valence-corrected chi connectivity index (χ2v) is 4.64. The van der Waals surface area contributed by atoms with Crippen molar-refractivity contribution in [2.24, 2.45) is 11.7 Å². The van der Waals surface area contributed by atoms with Gasteiger partial charge in [0.05, 0.1) is 12.3 Å². The summed E-state index contributed by atoms with van der Waals surface area (Å²) in [6, 6.07) is 7.48. The highest BCUT2D eigenvalue weighted by atomic mass is 16.5. The van der Waals surface area contributed by atoms with Crippen molar-refractivity contribution in [2.75, 3.05) is 18.5 Å². The predicted octanol–water partition coefficient (Wildman–Crippen LogP) is 2.40. The summed E-state index contributed by atoms with van der Waals surface area (Å²) in [5.74, 6) is 1.14. The third kappa shape index (κ3) is 5.19. The molecule has 0 heterocycles. The van der Waals surface area contributed by atoms with Gasteiger partial charge in [-0.05, 0) is 31.0 Å². The summed E-state index contributed by atoms with van der Waals surface area (Å²) in [5, 5.41) is 2.85. The van der Waals surface area contributed by atoms with E-state index in [-0.39, 0.29) is 5.91 Å². The first kappa shape index (κ1) is 14.5. The van der Waals surface area contributed by atoms with Crippen molar-refractivity contribution < 1.29 is 9.53 Å². The van der Waals surface area contributed by atoms with Crippen LogP contribution < -0.4 is 15.8 Å². The van der Waals surface area contributed by atoms with Crippen molar-refractivity contribution in [3.63, 3.8) is 0 Å². The topological polar surface area (TPSA) is 64.3 Å². The monoisotopic (exact) mass is 250 g/mol. The maximum atomic E-state index is 11.6. The molecule has 0 bridgehead atoms. The molecule has 0 atom stereocenters. The predicted molar refractivity (Wildman–Crippen MR) is 73.7 cm³/mol. The van der Waals surface area contributed by atoms with Crippen LogP contribution in [0.4, 0.5) is 5.69 Å². The molecule has 0 fully saturated rings. The molecule has 1 aromatic rings. The molecule has 0 saturated carbocycles. The van der Waals surface area contributed by atoms with E-state index in [1.807, 2.05) is 24.3 Å². The Morgan fingerprint density at radius 3 is 2.78 bits per heavy atom. The van der Waals surface area contributed by atoms with Gasteiger partial charge in [-0.25, -0.2) is 0 Å². The van der Waals surface area contributed by atoms with Crippen LogP contribution in [0.1, 0.15) is 26.7 Å². The summed E-state index contributed by atoms with van der Waals surface area (Å²) in [5.41, 5.74) is 6.10. The van der Waals surface area contributed by atoms with Gasteiger partial charge in [-0.3, -0.25) is 4.79 Å². The molecule has 0 aromatic heterocycles. The Morgan fingerprint density at radius 2 is 2.11 bits per heavy atom. The molecular weight excluding hydrogens is 228 g/mol. The maximum Gasteiger partial charge on any atom is 0.224 e. The van der Waals surface area contributed by atoms with Gasteiger partial charge >= 0.3 is 0 Å². The number of para-hydroxylation sites is 2. The Hall–Kier alpha value is -1.55. The summed E-state index contributed by atoms with van der Waals surface area (Å²) in [4.78, 5) is 11.6. The molecule has 0 aliphatic carbocycles. The lowest BCUT2D eigenvalue weighted by atomic mass is 10.2. The van der Waals surface area contributed by atoms with Crippen molar-refractivity contribution >= 4 is 11.6 Å². The molecule has 0 radical (unpaired) electrons. The lowest BCUT2D eigenvalue weighted by Crippen LogP contribution is -2.14. The smallest absolute Gasteiger partial charge is 0.224 e. The largest absolute Gasteiger partial charge is 0.491 e. The Kier molecular flexibility index (Phi) is 6.22. The summed E-state index contributed by atoms with van der Waals surface area (Å²) >= 11 is 0. The number of carbonyl (C=O) groups is 1. The quantitative estimate of drug-likeness (QED) is 0.781. The SMILES string of the molecule is CC(C)COc1ccccc1NC(=O)CCCN. The van der Waals surface area contributed by atoms with E-state index in [1.54, 1.807) is 0 Å². The minimum Gasteiger partial charge on any atom is -0.491 e. The number of ether oxygens (including phenoxy) is 1. The van der Waals surface area contributed by atoms with Crippen molar-refractivity contribution in [3.05, 3.63) is 24.3 Å². The minimum absolute atomic E-state index is 0.0268. The Labute approximate surface area is 109 Å². The fourth-order valence-electron chi connectivity index (χ4n) is 1.43. The Morgan fingerprint density at radius 1 is 1.39 bits per heavy atom. The van der Waals surface area contributed by atoms with Crippen molar-refractivity contribution in [1.82, 2.24) is 0 Å². The number of amides is 1. The van der Waals surface area contributed by atoms with Crippen LogP contribution in [0.2, 0.25) is 0 Å². The van der Waals surface area contributed by atoms with Crippen LogP contribution in [0.25, 0.3) is 0 Å². The van der Waals surface area contributed by atoms with Gasteiger partial charge in [-0.2, -0.15) is 0 Å². The van der Waals surface area contributed by atoms with Gasteiger partial charge in [0.1, 0.15) is 5.75 Å². The van der Waals surface area contributed by atoms with Gasteiger partial charge in [0.2, 0.25) is 5.91 Å². The average molecular weight is 250 g/mol. The van der Waals surface area contributed by atoms with Crippen LogP contribution in [0.15, 0.2) is 24.3 Å². The van der Waals surface area contributed by atoms with Crippen LogP contribution in [0, 0.1) is 5.92 Å². The fraction of sp³-hybridized carbons (Fsp3) is 0.500. The van der Waals surface area contributed by atoms with E-state index in [0.29, 0.717) is 37.7 Å². The highest BCUT2D eigenvalue weighted by Gasteiger charge is 2.07. The standard InChI is InChI=1S/C14H22N2O2/c1-11(2)10-18-13-7-4-3-6-12(13)16-14(17)8-5-9-15/h3-4,6-7,11H,5,8-10,15H2,1-2H3,(H,16,17). The molecule has 0 spiro atoms. The zero-order valence-corrected chi connectivity index (χ0v) is 11.1. The lowest BCUT2D eigenvalue weighted by Gasteiger charge is -2.13. The first-order valence-electron chi connectivity index (χ1n) is 6.35. The first-order chi connectivity index (χ1) is 8.63. The van der Waals surface area contributed by atoms with E-state index in [9.17, 15) is 4.79 Å². The Bertz CT molecular complexity index is 378. The number of rotatable bonds is 7. The fourth-order valence-corrected chi connectivity index (χ4v) is 1.43. The van der Waals surface area contributed by atoms with E-state index < -0.39 is 0 Å². The van der Waals surface area contributed by atoms with Crippen LogP contribution in [-0.2, 0) is 4.79 Å². The van der Waals surface area contributed by atoms with Gasteiger partial charge in [0, 0.05) is 6.42 Å². The molecule has 1 amide bonds. The molecule has 4 heteroatoms. The van der Waals surface area contributed by atoms with E-state index >= 15 is 0 Å². The zero-order valence-electron chi connectivity index (χ0n) is 11.1. The zero-order chi connectivity index (χ0) is 13.4. The molecule has 100 valence electrons. The molecule has 18 heavy (non-hydrogen) atoms. The van der Waals surface area contributed by atoms with Crippen LogP contribution in [0.3, 0.4) is 0 Å². The number of nitrogens with two attached hydrogens (primary N) is 1. The maximum absolute atomic E-state index is 11.6. The Balaban J connectivity index is 2.61. The van der Waals surface area contributed by atoms with Crippen LogP contribution in [-0.4, -0.2) is 19.1 Å². The third-order valence-corrected chi connectivity index (χ3v) is 2.34. The minimum atomic E-state index is -0.0268. The summed E-state index contributed by atoms with van der Waals surface area (Å²) in [6.45, 7) is 5.33. The summed E-state index contributed by atoms with van der Waals surface area (Å²) < 4.78 is 5.66. The van der Waals surface area contributed by atoms with Crippen molar-refractivity contribution in [1.29, 1.82) is 0 Å². The molecule has 3 N–H and O–H groups in total. The van der Waals surface area contributed by atoms with Crippen LogP contribution >= 0.6 is 0 Å². The number of anilines is 1. The molecule has 0 saturated heterocycles. The normalized spacial score (nSPS) is 10.4. The number of carbonyl (C=O) groups excluding carboxylic acids is 1. The molecule has 1 rings (SSSR count). The van der Waals surface area contributed by atoms with Gasteiger partial charge in [0.15, 0.2) is 0 Å². The second-order valence-electron chi connectivity index (χ2n) is 4.64. The highest BCUT2D eigenvalue weighted by molar-refractivity contribution is 5.92. The van der Waals surface area contributed by atoms with Gasteiger partial charge in [0.25, 0.3) is 0 Å². The van der Waals surface area contributed by atoms with Gasteiger partial charge in [-0.15, -0.1) is 0 Å². The highest BCUT2D eigenvalue weighted by Crippen LogP contribution is 2.24. The van der Waals surface area contributed by atoms with E-state index in [1.165, 1.54) is 0 Å². The summed E-state index contributed by atoms with van der Waals surface area (Å²) in [7, 11) is 0. The average Bonchev–Trinajstić information content (AvgIpc) is 2.35. The summed E-state index contributed by atoms with van der Waals surface area (Å²) in [6.07, 6.45) is 1.13. The third-order valence-electron chi connectivity index (χ3n) is 2.34. The van der Waals surface area contributed by atoms with E-state index in [4.69, 9.17) is 10.5 Å². The second kappa shape index (κ2) is 7.71. The number of benzene rings is 1. The van der Waals surface area contributed by atoms with Crippen LogP contribution in [0.5, 0.6) is 5.75 Å². The van der Waals surface area contributed by atoms with Gasteiger partial charge < -0.3 is 15.8 Å². The first-order valence-corrected chi connectivity index (χ1v) is 6.35. The van der Waals surface area contributed by atoms with E-state index in [2.05, 4.69) is 19.2 Å². The van der Waals surface area contributed by atoms with E-state index in [0.717, 1.165) is 5.69 Å². The molecular formula is C14H22N2O2. The molecule has 1 aromatic carbocycles. The number of hydrogen-bond acceptors (Lipinski definition) is 3. The molecule has 0 aliphatic heterocycles. The molecule has 4 nitrogen and oxygen atoms in total. The van der Waals surface area contributed by atoms with Crippen molar-refractivity contribution in [2.45, 2.75) is 26.7 Å². The van der Waals surface area contributed by atoms with Crippen molar-refractivity contribution in [3.8, 4) is 5.75 Å². The molecule has 0 aliphatic rings. The molecule has 0 unspecified atom stereocenters. The number of nitrogens with one attached hydrogen (secondary N) is 1.